The van der Waals surface area contributed by atoms with Crippen LogP contribution in [0.15, 0.2) is 0 Å². The van der Waals surface area contributed by atoms with Crippen LogP contribution in [0.2, 0.25) is 0 Å². The van der Waals surface area contributed by atoms with E-state index in [1.165, 1.54) is 32.1 Å². The fraction of sp³-hybridized carbons (Fsp3) is 1.00. The van der Waals surface area contributed by atoms with Gasteiger partial charge in [-0.2, -0.15) is 0 Å². The molecule has 124 valence electrons. The zero-order valence-corrected chi connectivity index (χ0v) is 14.1. The summed E-state index contributed by atoms with van der Waals surface area (Å²) in [7, 11) is 0. The van der Waals surface area contributed by atoms with Crippen LogP contribution in [0, 0.1) is 0 Å². The molecule has 0 radical (unpaired) electrons. The standard InChI is InChI=1S/C17H35N3O/c1-15(2)19-11-12-21-17(13-19)14-20(10-6-9-18)16-7-4-3-5-8-16/h15-17H,3-14,18H2,1-2H3. The topological polar surface area (TPSA) is 41.7 Å². The fourth-order valence-corrected chi connectivity index (χ4v) is 3.75. The number of ether oxygens (including phenoxy) is 1. The Labute approximate surface area is 131 Å². The summed E-state index contributed by atoms with van der Waals surface area (Å²) in [6.07, 6.45) is 8.43. The maximum atomic E-state index is 6.05. The van der Waals surface area contributed by atoms with Gasteiger partial charge in [0, 0.05) is 31.7 Å². The van der Waals surface area contributed by atoms with Crippen LogP contribution in [0.25, 0.3) is 0 Å². The smallest absolute Gasteiger partial charge is 0.0829 e. The summed E-state index contributed by atoms with van der Waals surface area (Å²) in [6.45, 7) is 10.7. The summed E-state index contributed by atoms with van der Waals surface area (Å²) < 4.78 is 6.05. The predicted molar refractivity (Wildman–Crippen MR) is 88.6 cm³/mol. The van der Waals surface area contributed by atoms with E-state index in [0.717, 1.165) is 51.8 Å². The Balaban J connectivity index is 1.87. The maximum absolute atomic E-state index is 6.05. The first-order valence-electron chi connectivity index (χ1n) is 9.00. The molecule has 1 unspecified atom stereocenters. The van der Waals surface area contributed by atoms with Crippen molar-refractivity contribution in [2.45, 2.75) is 70.6 Å². The van der Waals surface area contributed by atoms with Gasteiger partial charge in [-0.3, -0.25) is 9.80 Å². The van der Waals surface area contributed by atoms with Crippen molar-refractivity contribution in [3.63, 3.8) is 0 Å². The highest BCUT2D eigenvalue weighted by Crippen LogP contribution is 2.23. The second kappa shape index (κ2) is 9.09. The van der Waals surface area contributed by atoms with Crippen molar-refractivity contribution in [3.05, 3.63) is 0 Å². The number of hydrogen-bond acceptors (Lipinski definition) is 4. The number of nitrogens with zero attached hydrogens (tertiary/aromatic N) is 2. The number of rotatable bonds is 7. The van der Waals surface area contributed by atoms with E-state index >= 15 is 0 Å². The van der Waals surface area contributed by atoms with Crippen LogP contribution in [0.3, 0.4) is 0 Å². The lowest BCUT2D eigenvalue weighted by Crippen LogP contribution is -2.51. The summed E-state index contributed by atoms with van der Waals surface area (Å²) in [5.74, 6) is 0. The van der Waals surface area contributed by atoms with Crippen LogP contribution in [0.5, 0.6) is 0 Å². The Morgan fingerprint density at radius 1 is 1.24 bits per heavy atom. The summed E-state index contributed by atoms with van der Waals surface area (Å²) in [6, 6.07) is 1.40. The molecule has 2 N–H and O–H groups in total. The van der Waals surface area contributed by atoms with Crippen molar-refractivity contribution in [2.24, 2.45) is 5.73 Å². The molecule has 1 saturated carbocycles. The van der Waals surface area contributed by atoms with Crippen LogP contribution >= 0.6 is 0 Å². The molecule has 1 aliphatic carbocycles. The third-order valence-electron chi connectivity index (χ3n) is 5.08. The van der Waals surface area contributed by atoms with E-state index in [0.29, 0.717) is 12.1 Å². The minimum Gasteiger partial charge on any atom is -0.374 e. The monoisotopic (exact) mass is 297 g/mol. The van der Waals surface area contributed by atoms with Gasteiger partial charge in [-0.15, -0.1) is 0 Å². The number of nitrogens with two attached hydrogens (primary N) is 1. The first kappa shape index (κ1) is 17.2. The van der Waals surface area contributed by atoms with Gasteiger partial charge in [0.1, 0.15) is 0 Å². The molecule has 2 rings (SSSR count). The Morgan fingerprint density at radius 3 is 2.67 bits per heavy atom. The van der Waals surface area contributed by atoms with Gasteiger partial charge in [-0.05, 0) is 46.2 Å². The zero-order valence-electron chi connectivity index (χ0n) is 14.1. The maximum Gasteiger partial charge on any atom is 0.0829 e. The van der Waals surface area contributed by atoms with Crippen molar-refractivity contribution in [2.75, 3.05) is 39.3 Å². The van der Waals surface area contributed by atoms with Crippen molar-refractivity contribution in [1.29, 1.82) is 0 Å². The Morgan fingerprint density at radius 2 is 2.00 bits per heavy atom. The molecule has 4 heteroatoms. The fourth-order valence-electron chi connectivity index (χ4n) is 3.75. The van der Waals surface area contributed by atoms with Crippen molar-refractivity contribution < 1.29 is 4.74 Å². The van der Waals surface area contributed by atoms with Crippen LogP contribution in [-0.2, 0) is 4.74 Å². The summed E-state index contributed by atoms with van der Waals surface area (Å²) in [5, 5.41) is 0. The van der Waals surface area contributed by atoms with Crippen molar-refractivity contribution in [3.8, 4) is 0 Å². The zero-order chi connectivity index (χ0) is 15.1. The van der Waals surface area contributed by atoms with Crippen molar-refractivity contribution >= 4 is 0 Å². The quantitative estimate of drug-likeness (QED) is 0.781. The van der Waals surface area contributed by atoms with E-state index < -0.39 is 0 Å². The minimum atomic E-state index is 0.376. The first-order chi connectivity index (χ1) is 10.2. The summed E-state index contributed by atoms with van der Waals surface area (Å²) in [4.78, 5) is 5.23. The highest BCUT2D eigenvalue weighted by atomic mass is 16.5. The Kier molecular flexibility index (Phi) is 7.44. The number of hydrogen-bond donors (Lipinski definition) is 1. The van der Waals surface area contributed by atoms with E-state index in [9.17, 15) is 0 Å². The van der Waals surface area contributed by atoms with Gasteiger partial charge in [0.05, 0.1) is 12.7 Å². The lowest BCUT2D eigenvalue weighted by atomic mass is 9.93. The average Bonchev–Trinajstić information content (AvgIpc) is 2.52. The average molecular weight is 297 g/mol. The van der Waals surface area contributed by atoms with Gasteiger partial charge < -0.3 is 10.5 Å². The third-order valence-corrected chi connectivity index (χ3v) is 5.08. The molecule has 0 spiro atoms. The molecule has 1 saturated heterocycles. The van der Waals surface area contributed by atoms with Gasteiger partial charge in [-0.25, -0.2) is 0 Å². The van der Waals surface area contributed by atoms with E-state index in [-0.39, 0.29) is 0 Å². The van der Waals surface area contributed by atoms with E-state index in [4.69, 9.17) is 10.5 Å². The largest absolute Gasteiger partial charge is 0.374 e. The van der Waals surface area contributed by atoms with E-state index in [1.807, 2.05) is 0 Å². The molecule has 4 nitrogen and oxygen atoms in total. The van der Waals surface area contributed by atoms with Crippen LogP contribution in [0.4, 0.5) is 0 Å². The molecule has 1 heterocycles. The summed E-state index contributed by atoms with van der Waals surface area (Å²) in [5.41, 5.74) is 5.74. The molecule has 1 atom stereocenters. The molecule has 1 aliphatic heterocycles. The van der Waals surface area contributed by atoms with Gasteiger partial charge in [0.25, 0.3) is 0 Å². The second-order valence-electron chi connectivity index (χ2n) is 7.01. The Hall–Kier alpha value is -0.160. The van der Waals surface area contributed by atoms with E-state index in [1.54, 1.807) is 0 Å². The molecule has 0 aromatic rings. The molecule has 0 bridgehead atoms. The molecule has 0 aromatic carbocycles. The summed E-state index contributed by atoms with van der Waals surface area (Å²) >= 11 is 0. The lowest BCUT2D eigenvalue weighted by Gasteiger charge is -2.40. The lowest BCUT2D eigenvalue weighted by molar-refractivity contribution is -0.0587. The highest BCUT2D eigenvalue weighted by molar-refractivity contribution is 4.82. The minimum absolute atomic E-state index is 0.376. The normalized spacial score (nSPS) is 25.9. The van der Waals surface area contributed by atoms with Gasteiger partial charge in [0.2, 0.25) is 0 Å². The van der Waals surface area contributed by atoms with Gasteiger partial charge >= 0.3 is 0 Å². The molecular formula is C17H35N3O. The van der Waals surface area contributed by atoms with Gasteiger partial charge in [0.15, 0.2) is 0 Å². The SMILES string of the molecule is CC(C)N1CCOC(CN(CCCN)C2CCCCC2)C1. The molecule has 21 heavy (non-hydrogen) atoms. The van der Waals surface area contributed by atoms with Crippen LogP contribution < -0.4 is 5.73 Å². The molecule has 0 amide bonds. The molecular weight excluding hydrogens is 262 g/mol. The first-order valence-corrected chi connectivity index (χ1v) is 9.00. The molecule has 0 aromatic heterocycles. The van der Waals surface area contributed by atoms with Crippen LogP contribution in [0.1, 0.15) is 52.4 Å². The second-order valence-corrected chi connectivity index (χ2v) is 7.01. The highest BCUT2D eigenvalue weighted by Gasteiger charge is 2.27. The predicted octanol–water partition coefficient (Wildman–Crippen LogP) is 2.08. The van der Waals surface area contributed by atoms with Crippen LogP contribution in [-0.4, -0.2) is 67.3 Å². The van der Waals surface area contributed by atoms with E-state index in [2.05, 4.69) is 23.6 Å². The Bertz CT molecular complexity index is 279. The van der Waals surface area contributed by atoms with Gasteiger partial charge in [-0.1, -0.05) is 19.3 Å². The molecule has 2 aliphatic rings. The third kappa shape index (κ3) is 5.51. The molecule has 2 fully saturated rings. The van der Waals surface area contributed by atoms with Crippen molar-refractivity contribution in [1.82, 2.24) is 9.80 Å². The number of morpholine rings is 1.